The number of fused-ring (bicyclic) bond motifs is 1. The van der Waals surface area contributed by atoms with Crippen molar-refractivity contribution in [2.45, 2.75) is 12.8 Å². The summed E-state index contributed by atoms with van der Waals surface area (Å²) < 4.78 is 5.96. The van der Waals surface area contributed by atoms with Crippen LogP contribution in [0, 0.1) is 5.92 Å². The molecular formula is C29H26N2O3. The third kappa shape index (κ3) is 4.64. The van der Waals surface area contributed by atoms with Crippen molar-refractivity contribution in [2.24, 2.45) is 5.92 Å². The number of likely N-dealkylation sites (tertiary alicyclic amines) is 1. The maximum Gasteiger partial charge on any atom is 0.254 e. The number of piperidine rings is 1. The number of carbonyl (C=O) groups is 2. The summed E-state index contributed by atoms with van der Waals surface area (Å²) in [4.78, 5) is 28.1. The van der Waals surface area contributed by atoms with Gasteiger partial charge in [0.25, 0.3) is 5.91 Å². The van der Waals surface area contributed by atoms with Gasteiger partial charge in [0.1, 0.15) is 5.75 Å². The Balaban J connectivity index is 1.23. The summed E-state index contributed by atoms with van der Waals surface area (Å²) in [5.41, 5.74) is 1.36. The number of rotatable bonds is 5. The number of benzene rings is 4. The molecule has 1 fully saturated rings. The third-order valence-electron chi connectivity index (χ3n) is 6.29. The fraction of sp³-hybridized carbons (Fsp3) is 0.172. The topological polar surface area (TPSA) is 58.6 Å². The lowest BCUT2D eigenvalue weighted by molar-refractivity contribution is -0.121. The number of anilines is 1. The van der Waals surface area contributed by atoms with E-state index < -0.39 is 0 Å². The van der Waals surface area contributed by atoms with E-state index in [1.807, 2.05) is 102 Å². The number of hydrogen-bond acceptors (Lipinski definition) is 3. The highest BCUT2D eigenvalue weighted by Crippen LogP contribution is 2.30. The quantitative estimate of drug-likeness (QED) is 0.398. The molecule has 5 nitrogen and oxygen atoms in total. The highest BCUT2D eigenvalue weighted by Gasteiger charge is 2.28. The van der Waals surface area contributed by atoms with Crippen molar-refractivity contribution in [1.29, 1.82) is 0 Å². The first-order valence-electron chi connectivity index (χ1n) is 11.6. The van der Waals surface area contributed by atoms with Gasteiger partial charge in [-0.05, 0) is 53.9 Å². The van der Waals surface area contributed by atoms with E-state index in [1.165, 1.54) is 0 Å². The molecule has 0 saturated carbocycles. The molecule has 1 saturated heterocycles. The Morgan fingerprint density at radius 1 is 0.765 bits per heavy atom. The molecule has 1 heterocycles. The third-order valence-corrected chi connectivity index (χ3v) is 6.29. The Hall–Kier alpha value is -4.12. The van der Waals surface area contributed by atoms with Gasteiger partial charge in [0.15, 0.2) is 5.75 Å². The van der Waals surface area contributed by atoms with E-state index in [1.54, 1.807) is 0 Å². The minimum Gasteiger partial charge on any atom is -0.455 e. The summed E-state index contributed by atoms with van der Waals surface area (Å²) in [6, 6.07) is 30.7. The maximum absolute atomic E-state index is 13.2. The molecule has 4 aromatic rings. The summed E-state index contributed by atoms with van der Waals surface area (Å²) in [7, 11) is 0. The monoisotopic (exact) mass is 450 g/mol. The minimum atomic E-state index is -0.152. The Bertz CT molecular complexity index is 1310. The molecule has 0 atom stereocenters. The van der Waals surface area contributed by atoms with Gasteiger partial charge in [0.2, 0.25) is 5.91 Å². The molecule has 5 heteroatoms. The largest absolute Gasteiger partial charge is 0.455 e. The molecule has 2 amide bonds. The van der Waals surface area contributed by atoms with Crippen molar-refractivity contribution in [3.63, 3.8) is 0 Å². The second-order valence-electron chi connectivity index (χ2n) is 8.49. The van der Waals surface area contributed by atoms with E-state index in [9.17, 15) is 9.59 Å². The van der Waals surface area contributed by atoms with Crippen LogP contribution in [0.4, 0.5) is 5.69 Å². The maximum atomic E-state index is 13.2. The van der Waals surface area contributed by atoms with Crippen molar-refractivity contribution in [1.82, 2.24) is 4.90 Å². The van der Waals surface area contributed by atoms with Gasteiger partial charge in [0.05, 0.1) is 5.69 Å². The zero-order chi connectivity index (χ0) is 23.3. The summed E-state index contributed by atoms with van der Waals surface area (Å²) in [5.74, 6) is 1.15. The van der Waals surface area contributed by atoms with E-state index in [0.717, 1.165) is 10.8 Å². The standard InChI is InChI=1S/C29H26N2O3/c32-28(30-26-15-6-7-16-27(26)34-23-11-2-1-3-12-23)22-17-19-31(20-18-22)29(33)25-14-8-10-21-9-4-5-13-24(21)25/h1-16,22H,17-20H2,(H,30,32). The predicted octanol–water partition coefficient (Wildman–Crippen LogP) is 6.12. The number of amides is 2. The van der Waals surface area contributed by atoms with Crippen LogP contribution in [-0.2, 0) is 4.79 Å². The molecule has 1 N–H and O–H groups in total. The number of para-hydroxylation sites is 3. The number of nitrogens with zero attached hydrogens (tertiary/aromatic N) is 1. The van der Waals surface area contributed by atoms with Crippen LogP contribution in [-0.4, -0.2) is 29.8 Å². The zero-order valence-electron chi connectivity index (χ0n) is 18.8. The average molecular weight is 451 g/mol. The number of carbonyl (C=O) groups excluding carboxylic acids is 2. The Morgan fingerprint density at radius 2 is 1.44 bits per heavy atom. The molecule has 0 aliphatic carbocycles. The van der Waals surface area contributed by atoms with Gasteiger partial charge < -0.3 is 15.0 Å². The van der Waals surface area contributed by atoms with Crippen LogP contribution in [0.2, 0.25) is 0 Å². The lowest BCUT2D eigenvalue weighted by Crippen LogP contribution is -2.41. The van der Waals surface area contributed by atoms with Gasteiger partial charge in [-0.25, -0.2) is 0 Å². The Kier molecular flexibility index (Phi) is 6.25. The van der Waals surface area contributed by atoms with Crippen LogP contribution in [0.25, 0.3) is 10.8 Å². The smallest absolute Gasteiger partial charge is 0.254 e. The van der Waals surface area contributed by atoms with Gasteiger partial charge in [-0.2, -0.15) is 0 Å². The van der Waals surface area contributed by atoms with Crippen molar-refractivity contribution < 1.29 is 14.3 Å². The molecule has 1 aliphatic rings. The molecule has 4 aromatic carbocycles. The normalized spacial score (nSPS) is 14.1. The number of nitrogens with one attached hydrogen (secondary N) is 1. The lowest BCUT2D eigenvalue weighted by atomic mass is 9.94. The highest BCUT2D eigenvalue weighted by molar-refractivity contribution is 6.07. The zero-order valence-corrected chi connectivity index (χ0v) is 18.8. The summed E-state index contributed by atoms with van der Waals surface area (Å²) in [6.07, 6.45) is 1.26. The minimum absolute atomic E-state index is 0.0252. The molecule has 0 spiro atoms. The van der Waals surface area contributed by atoms with Crippen molar-refractivity contribution in [3.8, 4) is 11.5 Å². The lowest BCUT2D eigenvalue weighted by Gasteiger charge is -2.31. The van der Waals surface area contributed by atoms with Gasteiger partial charge in [0, 0.05) is 24.6 Å². The van der Waals surface area contributed by atoms with Gasteiger partial charge >= 0.3 is 0 Å². The van der Waals surface area contributed by atoms with Crippen LogP contribution < -0.4 is 10.1 Å². The summed E-state index contributed by atoms with van der Waals surface area (Å²) in [5, 5.41) is 5.05. The second kappa shape index (κ2) is 9.79. The SMILES string of the molecule is O=C(Nc1ccccc1Oc1ccccc1)C1CCN(C(=O)c2cccc3ccccc23)CC1. The number of hydrogen-bond donors (Lipinski definition) is 1. The van der Waals surface area contributed by atoms with Crippen molar-refractivity contribution in [2.75, 3.05) is 18.4 Å². The molecule has 0 bridgehead atoms. The van der Waals surface area contributed by atoms with Gasteiger partial charge in [-0.3, -0.25) is 9.59 Å². The summed E-state index contributed by atoms with van der Waals surface area (Å²) in [6.45, 7) is 1.12. The van der Waals surface area contributed by atoms with E-state index in [-0.39, 0.29) is 17.7 Å². The Morgan fingerprint density at radius 3 is 2.26 bits per heavy atom. The molecule has 1 aliphatic heterocycles. The van der Waals surface area contributed by atoms with Crippen LogP contribution in [0.1, 0.15) is 23.2 Å². The van der Waals surface area contributed by atoms with Crippen LogP contribution in [0.15, 0.2) is 97.1 Å². The molecule has 0 unspecified atom stereocenters. The van der Waals surface area contributed by atoms with Gasteiger partial charge in [-0.1, -0.05) is 66.7 Å². The van der Waals surface area contributed by atoms with Gasteiger partial charge in [-0.15, -0.1) is 0 Å². The molecule has 170 valence electrons. The first-order valence-corrected chi connectivity index (χ1v) is 11.6. The van der Waals surface area contributed by atoms with E-state index >= 15 is 0 Å². The fourth-order valence-corrected chi connectivity index (χ4v) is 4.44. The number of ether oxygens (including phenoxy) is 1. The van der Waals surface area contributed by atoms with Crippen LogP contribution in [0.3, 0.4) is 0 Å². The fourth-order valence-electron chi connectivity index (χ4n) is 4.44. The molecule has 0 aromatic heterocycles. The van der Waals surface area contributed by atoms with Crippen molar-refractivity contribution in [3.05, 3.63) is 103 Å². The van der Waals surface area contributed by atoms with E-state index in [4.69, 9.17) is 4.74 Å². The van der Waals surface area contributed by atoms with Crippen molar-refractivity contribution >= 4 is 28.3 Å². The first kappa shape index (κ1) is 21.7. The molecule has 0 radical (unpaired) electrons. The van der Waals surface area contributed by atoms with E-state index in [2.05, 4.69) is 5.32 Å². The van der Waals surface area contributed by atoms with E-state index in [0.29, 0.717) is 48.7 Å². The highest BCUT2D eigenvalue weighted by atomic mass is 16.5. The van der Waals surface area contributed by atoms with Crippen LogP contribution in [0.5, 0.6) is 11.5 Å². The first-order chi connectivity index (χ1) is 16.7. The second-order valence-corrected chi connectivity index (χ2v) is 8.49. The molecular weight excluding hydrogens is 424 g/mol. The molecule has 34 heavy (non-hydrogen) atoms. The summed E-state index contributed by atoms with van der Waals surface area (Å²) >= 11 is 0. The Labute approximate surface area is 199 Å². The average Bonchev–Trinajstić information content (AvgIpc) is 2.90. The van der Waals surface area contributed by atoms with Crippen LogP contribution >= 0.6 is 0 Å². The predicted molar refractivity (Wildman–Crippen MR) is 134 cm³/mol. The molecule has 5 rings (SSSR count).